The van der Waals surface area contributed by atoms with Crippen LogP contribution in [0.15, 0.2) is 77.8 Å². The lowest BCUT2D eigenvalue weighted by atomic mass is 9.75. The van der Waals surface area contributed by atoms with Gasteiger partial charge in [0, 0.05) is 28.4 Å². The molecular formula is C26H24ClN3O2. The van der Waals surface area contributed by atoms with E-state index in [0.717, 1.165) is 28.9 Å². The third kappa shape index (κ3) is 3.79. The molecule has 0 saturated heterocycles. The molecule has 1 heterocycles. The van der Waals surface area contributed by atoms with Gasteiger partial charge in [0.2, 0.25) is 0 Å². The molecule has 5 nitrogen and oxygen atoms in total. The minimum Gasteiger partial charge on any atom is -0.490 e. The van der Waals surface area contributed by atoms with Crippen molar-refractivity contribution in [3.63, 3.8) is 0 Å². The first-order valence-electron chi connectivity index (χ1n) is 10.5. The maximum Gasteiger partial charge on any atom is 0.161 e. The zero-order valence-corrected chi connectivity index (χ0v) is 18.7. The Balaban J connectivity index is 1.86. The van der Waals surface area contributed by atoms with Gasteiger partial charge in [-0.15, -0.1) is 0 Å². The summed E-state index contributed by atoms with van der Waals surface area (Å²) in [5.74, 6) is 0.568. The maximum absolute atomic E-state index is 13.2. The summed E-state index contributed by atoms with van der Waals surface area (Å²) in [7, 11) is 0. The van der Waals surface area contributed by atoms with Gasteiger partial charge in [0.1, 0.15) is 18.2 Å². The number of Topliss-reactive ketones (excluding diaryl/α,β-unsaturated/α-hetero) is 1. The summed E-state index contributed by atoms with van der Waals surface area (Å²) in [6.45, 7) is 5.98. The highest BCUT2D eigenvalue weighted by atomic mass is 35.5. The number of halogens is 1. The summed E-state index contributed by atoms with van der Waals surface area (Å²) in [6.07, 6.45) is 3.57. The number of rotatable bonds is 5. The molecule has 162 valence electrons. The van der Waals surface area contributed by atoms with Crippen molar-refractivity contribution in [1.29, 1.82) is 5.26 Å². The summed E-state index contributed by atoms with van der Waals surface area (Å²) in [5.41, 5.74) is 11.0. The van der Waals surface area contributed by atoms with E-state index in [2.05, 4.69) is 12.6 Å². The predicted octanol–water partition coefficient (Wildman–Crippen LogP) is 5.52. The highest BCUT2D eigenvalue weighted by Gasteiger charge is 2.40. The molecule has 2 aliphatic rings. The van der Waals surface area contributed by atoms with Gasteiger partial charge in [-0.3, -0.25) is 9.69 Å². The van der Waals surface area contributed by atoms with Crippen LogP contribution >= 0.6 is 11.6 Å². The van der Waals surface area contributed by atoms with Crippen molar-refractivity contribution in [1.82, 2.24) is 0 Å². The molecule has 4 rings (SSSR count). The van der Waals surface area contributed by atoms with Crippen LogP contribution in [0.1, 0.15) is 36.3 Å². The number of carbonyl (C=O) groups excluding carboxylic acids is 1. The van der Waals surface area contributed by atoms with E-state index in [4.69, 9.17) is 22.1 Å². The number of carbonyl (C=O) groups is 1. The fraction of sp³-hybridized carbons (Fsp3) is 0.231. The Hall–Kier alpha value is -3.49. The highest BCUT2D eigenvalue weighted by Crippen LogP contribution is 2.46. The third-order valence-corrected chi connectivity index (χ3v) is 6.32. The number of hydrogen-bond acceptors (Lipinski definition) is 5. The minimum atomic E-state index is -0.506. The van der Waals surface area contributed by atoms with E-state index in [1.165, 1.54) is 0 Å². The number of allylic oxidation sites excluding steroid dienone is 3. The van der Waals surface area contributed by atoms with E-state index < -0.39 is 5.92 Å². The Bertz CT molecular complexity index is 1190. The van der Waals surface area contributed by atoms with Gasteiger partial charge >= 0.3 is 0 Å². The van der Waals surface area contributed by atoms with Crippen molar-refractivity contribution in [2.45, 2.75) is 32.1 Å². The van der Waals surface area contributed by atoms with Crippen LogP contribution in [0.5, 0.6) is 5.75 Å². The van der Waals surface area contributed by atoms with Gasteiger partial charge in [0.05, 0.1) is 17.6 Å². The van der Waals surface area contributed by atoms with Crippen LogP contribution in [-0.2, 0) is 4.79 Å². The van der Waals surface area contributed by atoms with Crippen molar-refractivity contribution in [3.8, 4) is 11.8 Å². The summed E-state index contributed by atoms with van der Waals surface area (Å²) in [4.78, 5) is 15.0. The number of benzene rings is 2. The summed E-state index contributed by atoms with van der Waals surface area (Å²) < 4.78 is 5.58. The summed E-state index contributed by atoms with van der Waals surface area (Å²) in [6, 6.07) is 15.4. The molecule has 1 aliphatic heterocycles. The van der Waals surface area contributed by atoms with Gasteiger partial charge < -0.3 is 10.5 Å². The predicted molar refractivity (Wildman–Crippen MR) is 126 cm³/mol. The first-order valence-corrected chi connectivity index (χ1v) is 10.9. The second-order valence-electron chi connectivity index (χ2n) is 7.92. The van der Waals surface area contributed by atoms with Crippen molar-refractivity contribution >= 4 is 23.1 Å². The second-order valence-corrected chi connectivity index (χ2v) is 8.33. The molecule has 6 heteroatoms. The van der Waals surface area contributed by atoms with E-state index in [0.29, 0.717) is 47.2 Å². The fourth-order valence-electron chi connectivity index (χ4n) is 4.35. The topological polar surface area (TPSA) is 79.3 Å². The SMILES string of the molecule is C=CCOc1ccc([C@H]2C(C#N)=C(N)N(c3ccc(C)c(Cl)c3)C3=C2C(=O)CCC3)cc1. The molecule has 0 fully saturated rings. The number of nitrogens with zero attached hydrogens (tertiary/aromatic N) is 2. The largest absolute Gasteiger partial charge is 0.490 e. The molecule has 2 aromatic rings. The average molecular weight is 446 g/mol. The van der Waals surface area contributed by atoms with Crippen molar-refractivity contribution in [3.05, 3.63) is 93.9 Å². The van der Waals surface area contributed by atoms with Crippen molar-refractivity contribution in [2.75, 3.05) is 11.5 Å². The molecule has 2 aromatic carbocycles. The van der Waals surface area contributed by atoms with Crippen LogP contribution in [0.4, 0.5) is 5.69 Å². The molecule has 0 bridgehead atoms. The normalized spacial score (nSPS) is 18.3. The fourth-order valence-corrected chi connectivity index (χ4v) is 4.52. The molecular weight excluding hydrogens is 422 g/mol. The van der Waals surface area contributed by atoms with Crippen LogP contribution in [0.25, 0.3) is 0 Å². The van der Waals surface area contributed by atoms with Crippen LogP contribution in [-0.4, -0.2) is 12.4 Å². The number of nitriles is 1. The van der Waals surface area contributed by atoms with E-state index >= 15 is 0 Å². The van der Waals surface area contributed by atoms with Gasteiger partial charge in [-0.1, -0.05) is 42.5 Å². The number of ether oxygens (including phenoxy) is 1. The van der Waals surface area contributed by atoms with E-state index in [9.17, 15) is 10.1 Å². The number of hydrogen-bond donors (Lipinski definition) is 1. The van der Waals surface area contributed by atoms with Gasteiger partial charge in [-0.25, -0.2) is 0 Å². The number of anilines is 1. The van der Waals surface area contributed by atoms with E-state index in [1.807, 2.05) is 54.3 Å². The molecule has 1 atom stereocenters. The van der Waals surface area contributed by atoms with Crippen LogP contribution in [0.3, 0.4) is 0 Å². The number of nitrogens with two attached hydrogens (primary N) is 1. The zero-order chi connectivity index (χ0) is 22.8. The lowest BCUT2D eigenvalue weighted by Gasteiger charge is -2.39. The van der Waals surface area contributed by atoms with Gasteiger partial charge in [0.25, 0.3) is 0 Å². The lowest BCUT2D eigenvalue weighted by molar-refractivity contribution is -0.116. The Morgan fingerprint density at radius 2 is 2.03 bits per heavy atom. The molecule has 0 amide bonds. The Labute approximate surface area is 193 Å². The number of ketones is 1. The Morgan fingerprint density at radius 3 is 2.69 bits per heavy atom. The molecule has 0 spiro atoms. The smallest absolute Gasteiger partial charge is 0.161 e. The molecule has 2 N–H and O–H groups in total. The number of aryl methyl sites for hydroxylation is 1. The lowest BCUT2D eigenvalue weighted by Crippen LogP contribution is -2.38. The molecule has 0 saturated carbocycles. The molecule has 32 heavy (non-hydrogen) atoms. The standard InChI is InChI=1S/C26H24ClN3O2/c1-3-13-32-19-11-8-17(9-12-19)24-20(15-28)26(29)30(18-10-7-16(2)21(27)14-18)22-5-4-6-23(31)25(22)24/h3,7-12,14,24H,1,4-6,13,29H2,2H3/t24-/m0/s1. The summed E-state index contributed by atoms with van der Waals surface area (Å²) >= 11 is 6.38. The van der Waals surface area contributed by atoms with Gasteiger partial charge in [0.15, 0.2) is 5.78 Å². The van der Waals surface area contributed by atoms with Crippen LogP contribution in [0, 0.1) is 18.3 Å². The van der Waals surface area contributed by atoms with E-state index in [-0.39, 0.29) is 5.78 Å². The minimum absolute atomic E-state index is 0.0479. The molecule has 0 aromatic heterocycles. The third-order valence-electron chi connectivity index (χ3n) is 5.91. The maximum atomic E-state index is 13.2. The molecule has 1 aliphatic carbocycles. The second kappa shape index (κ2) is 8.94. The Kier molecular flexibility index (Phi) is 6.07. The zero-order valence-electron chi connectivity index (χ0n) is 17.9. The molecule has 0 unspecified atom stereocenters. The van der Waals surface area contributed by atoms with Crippen molar-refractivity contribution < 1.29 is 9.53 Å². The van der Waals surface area contributed by atoms with Crippen molar-refractivity contribution in [2.24, 2.45) is 5.73 Å². The summed E-state index contributed by atoms with van der Waals surface area (Å²) in [5, 5.41) is 10.7. The quantitative estimate of drug-likeness (QED) is 0.613. The first kappa shape index (κ1) is 21.7. The molecule has 0 radical (unpaired) electrons. The van der Waals surface area contributed by atoms with E-state index in [1.54, 1.807) is 6.08 Å². The average Bonchev–Trinajstić information content (AvgIpc) is 2.79. The highest BCUT2D eigenvalue weighted by molar-refractivity contribution is 6.31. The Morgan fingerprint density at radius 1 is 1.28 bits per heavy atom. The van der Waals surface area contributed by atoms with Crippen LogP contribution in [0.2, 0.25) is 5.02 Å². The monoisotopic (exact) mass is 445 g/mol. The van der Waals surface area contributed by atoms with Gasteiger partial charge in [-0.2, -0.15) is 5.26 Å². The van der Waals surface area contributed by atoms with Gasteiger partial charge in [-0.05, 0) is 55.2 Å². The van der Waals surface area contributed by atoms with Crippen LogP contribution < -0.4 is 15.4 Å². The first-order chi connectivity index (χ1) is 15.5.